The van der Waals surface area contributed by atoms with Gasteiger partial charge in [-0.25, -0.2) is 9.18 Å². The Morgan fingerprint density at radius 2 is 1.96 bits per heavy atom. The van der Waals surface area contributed by atoms with Crippen LogP contribution < -0.4 is 5.43 Å². The zero-order chi connectivity index (χ0) is 18.0. The molecule has 0 saturated carbocycles. The number of hydrogen-bond donors (Lipinski definition) is 0. The quantitative estimate of drug-likeness (QED) is 0.681. The SMILES string of the molecule is CCOC(=O)c1cn(Cc2ccccc2C)c2cc(F)ccc2c1=O. The average molecular weight is 339 g/mol. The van der Waals surface area contributed by atoms with E-state index in [1.54, 1.807) is 11.5 Å². The topological polar surface area (TPSA) is 48.3 Å². The standard InChI is InChI=1S/C20H18FNO3/c1-3-25-20(24)17-12-22(11-14-7-5-4-6-13(14)2)18-10-15(21)8-9-16(18)19(17)23/h4-10,12H,3,11H2,1-2H3. The first-order valence-electron chi connectivity index (χ1n) is 8.05. The van der Waals surface area contributed by atoms with Gasteiger partial charge in [0.25, 0.3) is 0 Å². The van der Waals surface area contributed by atoms with Crippen LogP contribution in [0.5, 0.6) is 0 Å². The predicted molar refractivity (Wildman–Crippen MR) is 94.4 cm³/mol. The molecule has 0 aliphatic heterocycles. The van der Waals surface area contributed by atoms with Crippen LogP contribution in [0, 0.1) is 12.7 Å². The predicted octanol–water partition coefficient (Wildman–Crippen LogP) is 3.67. The van der Waals surface area contributed by atoms with Gasteiger partial charge in [0.2, 0.25) is 5.43 Å². The third-order valence-electron chi connectivity index (χ3n) is 4.14. The first kappa shape index (κ1) is 16.9. The Labute approximate surface area is 144 Å². The van der Waals surface area contributed by atoms with Crippen LogP contribution in [0.1, 0.15) is 28.4 Å². The second kappa shape index (κ2) is 6.89. The highest BCUT2D eigenvalue weighted by Crippen LogP contribution is 2.18. The lowest BCUT2D eigenvalue weighted by Crippen LogP contribution is -2.21. The summed E-state index contributed by atoms with van der Waals surface area (Å²) in [6.45, 7) is 4.25. The first-order chi connectivity index (χ1) is 12.0. The molecule has 0 saturated heterocycles. The molecule has 4 nitrogen and oxygen atoms in total. The molecule has 2 aromatic carbocycles. The molecule has 5 heteroatoms. The molecule has 128 valence electrons. The number of esters is 1. The van der Waals surface area contributed by atoms with Gasteiger partial charge in [0.05, 0.1) is 12.1 Å². The van der Waals surface area contributed by atoms with Crippen LogP contribution in [0.25, 0.3) is 10.9 Å². The molecule has 3 aromatic rings. The zero-order valence-electron chi connectivity index (χ0n) is 14.1. The van der Waals surface area contributed by atoms with E-state index in [4.69, 9.17) is 4.74 Å². The normalized spacial score (nSPS) is 10.8. The van der Waals surface area contributed by atoms with E-state index < -0.39 is 17.2 Å². The van der Waals surface area contributed by atoms with Gasteiger partial charge in [-0.15, -0.1) is 0 Å². The second-order valence-electron chi connectivity index (χ2n) is 5.81. The number of ether oxygens (including phenoxy) is 1. The number of hydrogen-bond acceptors (Lipinski definition) is 3. The van der Waals surface area contributed by atoms with Crippen molar-refractivity contribution < 1.29 is 13.9 Å². The largest absolute Gasteiger partial charge is 0.462 e. The molecule has 1 aromatic heterocycles. The number of aryl methyl sites for hydroxylation is 1. The van der Waals surface area contributed by atoms with Crippen molar-refractivity contribution in [3.63, 3.8) is 0 Å². The van der Waals surface area contributed by atoms with Crippen molar-refractivity contribution in [2.24, 2.45) is 0 Å². The maximum atomic E-state index is 13.7. The van der Waals surface area contributed by atoms with E-state index >= 15 is 0 Å². The molecular weight excluding hydrogens is 321 g/mol. The Hall–Kier alpha value is -2.95. The highest BCUT2D eigenvalue weighted by Gasteiger charge is 2.17. The molecule has 0 spiro atoms. The smallest absolute Gasteiger partial charge is 0.343 e. The highest BCUT2D eigenvalue weighted by molar-refractivity contribution is 5.93. The fraction of sp³-hybridized carbons (Fsp3) is 0.200. The van der Waals surface area contributed by atoms with Crippen molar-refractivity contribution in [1.29, 1.82) is 0 Å². The number of fused-ring (bicyclic) bond motifs is 1. The molecule has 25 heavy (non-hydrogen) atoms. The summed E-state index contributed by atoms with van der Waals surface area (Å²) in [5, 5.41) is 0.292. The number of carbonyl (C=O) groups excluding carboxylic acids is 1. The number of halogens is 1. The lowest BCUT2D eigenvalue weighted by atomic mass is 10.1. The monoisotopic (exact) mass is 339 g/mol. The van der Waals surface area contributed by atoms with Gasteiger partial charge in [-0.2, -0.15) is 0 Å². The van der Waals surface area contributed by atoms with Gasteiger partial charge in [0.15, 0.2) is 0 Å². The van der Waals surface area contributed by atoms with Crippen molar-refractivity contribution in [3.05, 3.63) is 81.4 Å². The van der Waals surface area contributed by atoms with E-state index in [-0.39, 0.29) is 12.2 Å². The Morgan fingerprint density at radius 3 is 2.68 bits per heavy atom. The molecule has 0 bridgehead atoms. The number of benzene rings is 2. The van der Waals surface area contributed by atoms with Crippen LogP contribution in [-0.4, -0.2) is 17.1 Å². The van der Waals surface area contributed by atoms with Gasteiger partial charge >= 0.3 is 5.97 Å². The van der Waals surface area contributed by atoms with E-state index in [1.807, 2.05) is 31.2 Å². The zero-order valence-corrected chi connectivity index (χ0v) is 14.1. The fourth-order valence-corrected chi connectivity index (χ4v) is 2.82. The Bertz CT molecular complexity index is 1010. The van der Waals surface area contributed by atoms with Gasteiger partial charge in [-0.05, 0) is 43.2 Å². The number of carbonyl (C=O) groups is 1. The molecule has 0 amide bonds. The molecule has 0 radical (unpaired) electrons. The molecule has 0 N–H and O–H groups in total. The first-order valence-corrected chi connectivity index (χ1v) is 8.05. The summed E-state index contributed by atoms with van der Waals surface area (Å²) in [6, 6.07) is 11.7. The lowest BCUT2D eigenvalue weighted by molar-refractivity contribution is 0.0524. The van der Waals surface area contributed by atoms with Crippen LogP contribution >= 0.6 is 0 Å². The maximum absolute atomic E-state index is 13.7. The van der Waals surface area contributed by atoms with Gasteiger partial charge in [-0.1, -0.05) is 24.3 Å². The maximum Gasteiger partial charge on any atom is 0.343 e. The van der Waals surface area contributed by atoms with Crippen molar-refractivity contribution >= 4 is 16.9 Å². The van der Waals surface area contributed by atoms with Gasteiger partial charge in [0, 0.05) is 18.1 Å². The summed E-state index contributed by atoms with van der Waals surface area (Å²) in [7, 11) is 0. The summed E-state index contributed by atoms with van der Waals surface area (Å²) < 4.78 is 20.4. The van der Waals surface area contributed by atoms with Crippen LogP contribution in [0.15, 0.2) is 53.5 Å². The minimum atomic E-state index is -0.669. The Balaban J connectivity index is 2.23. The molecular formula is C20H18FNO3. The number of pyridine rings is 1. The third-order valence-corrected chi connectivity index (χ3v) is 4.14. The molecule has 0 fully saturated rings. The molecule has 3 rings (SSSR count). The third kappa shape index (κ3) is 3.31. The van der Waals surface area contributed by atoms with E-state index in [0.717, 1.165) is 11.1 Å². The average Bonchev–Trinajstić information content (AvgIpc) is 2.59. The highest BCUT2D eigenvalue weighted by atomic mass is 19.1. The molecule has 0 atom stereocenters. The van der Waals surface area contributed by atoms with Crippen molar-refractivity contribution in [2.75, 3.05) is 6.61 Å². The lowest BCUT2D eigenvalue weighted by Gasteiger charge is -2.14. The molecule has 0 unspecified atom stereocenters. The van der Waals surface area contributed by atoms with Crippen LogP contribution in [0.3, 0.4) is 0 Å². The summed E-state index contributed by atoms with van der Waals surface area (Å²) in [5.41, 5.74) is 2.04. The van der Waals surface area contributed by atoms with Crippen LogP contribution in [0.2, 0.25) is 0 Å². The van der Waals surface area contributed by atoms with Crippen molar-refractivity contribution in [3.8, 4) is 0 Å². The van der Waals surface area contributed by atoms with E-state index in [9.17, 15) is 14.0 Å². The summed E-state index contributed by atoms with van der Waals surface area (Å²) in [4.78, 5) is 24.7. The number of rotatable bonds is 4. The minimum absolute atomic E-state index is 0.0467. The van der Waals surface area contributed by atoms with Crippen LogP contribution in [0.4, 0.5) is 4.39 Å². The van der Waals surface area contributed by atoms with Gasteiger partial charge < -0.3 is 9.30 Å². The van der Waals surface area contributed by atoms with Gasteiger partial charge in [0.1, 0.15) is 11.4 Å². The summed E-state index contributed by atoms with van der Waals surface area (Å²) in [6.07, 6.45) is 1.45. The summed E-state index contributed by atoms with van der Waals surface area (Å²) >= 11 is 0. The molecule has 0 aliphatic rings. The molecule has 1 heterocycles. The fourth-order valence-electron chi connectivity index (χ4n) is 2.82. The van der Waals surface area contributed by atoms with Crippen LogP contribution in [-0.2, 0) is 11.3 Å². The Kier molecular flexibility index (Phi) is 4.65. The second-order valence-corrected chi connectivity index (χ2v) is 5.81. The van der Waals surface area contributed by atoms with Gasteiger partial charge in [-0.3, -0.25) is 4.79 Å². The van der Waals surface area contributed by atoms with E-state index in [2.05, 4.69) is 0 Å². The van der Waals surface area contributed by atoms with E-state index in [0.29, 0.717) is 17.4 Å². The van der Waals surface area contributed by atoms with E-state index in [1.165, 1.54) is 24.4 Å². The molecule has 0 aliphatic carbocycles. The number of nitrogens with zero attached hydrogens (tertiary/aromatic N) is 1. The Morgan fingerprint density at radius 1 is 1.20 bits per heavy atom. The summed E-state index contributed by atoms with van der Waals surface area (Å²) in [5.74, 6) is -1.11. The minimum Gasteiger partial charge on any atom is -0.462 e. The van der Waals surface area contributed by atoms with Crippen molar-refractivity contribution in [1.82, 2.24) is 4.57 Å². The van der Waals surface area contributed by atoms with Crippen molar-refractivity contribution in [2.45, 2.75) is 20.4 Å². The number of aromatic nitrogens is 1.